The topological polar surface area (TPSA) is 59.1 Å². The highest BCUT2D eigenvalue weighted by Gasteiger charge is 2.39. The first-order valence-electron chi connectivity index (χ1n) is 12.1. The number of hydrogen-bond acceptors (Lipinski definition) is 4. The highest BCUT2D eigenvalue weighted by molar-refractivity contribution is 9.10. The number of carbonyl (C=O) groups is 2. The molecule has 0 saturated carbocycles. The van der Waals surface area contributed by atoms with Gasteiger partial charge < -0.3 is 19.3 Å². The first kappa shape index (κ1) is 27.2. The summed E-state index contributed by atoms with van der Waals surface area (Å²) in [4.78, 5) is 30.3. The molecule has 2 amide bonds. The summed E-state index contributed by atoms with van der Waals surface area (Å²) in [5.74, 6) is 0.622. The molecular weight excluding hydrogens is 600 g/mol. The van der Waals surface area contributed by atoms with Gasteiger partial charge in [-0.25, -0.2) is 0 Å². The van der Waals surface area contributed by atoms with Gasteiger partial charge in [-0.1, -0.05) is 56.1 Å². The van der Waals surface area contributed by atoms with E-state index in [1.807, 2.05) is 36.2 Å². The number of anilines is 1. The number of amides is 2. The Morgan fingerprint density at radius 2 is 1.51 bits per heavy atom. The lowest BCUT2D eigenvalue weighted by Gasteiger charge is -2.31. The number of benzene rings is 3. The summed E-state index contributed by atoms with van der Waals surface area (Å²) in [6.45, 7) is 0.300. The van der Waals surface area contributed by atoms with Crippen molar-refractivity contribution in [1.82, 2.24) is 4.90 Å². The van der Waals surface area contributed by atoms with Crippen molar-refractivity contribution < 1.29 is 19.1 Å². The lowest BCUT2D eigenvalue weighted by atomic mass is 9.96. The Kier molecular flexibility index (Phi) is 8.92. The van der Waals surface area contributed by atoms with Crippen molar-refractivity contribution in [2.45, 2.75) is 25.3 Å². The van der Waals surface area contributed by atoms with Gasteiger partial charge in [-0.2, -0.15) is 0 Å². The van der Waals surface area contributed by atoms with Gasteiger partial charge in [-0.15, -0.1) is 0 Å². The van der Waals surface area contributed by atoms with Crippen LogP contribution in [0.15, 0.2) is 75.7 Å². The lowest BCUT2D eigenvalue weighted by molar-refractivity contribution is -0.136. The molecule has 0 aromatic heterocycles. The van der Waals surface area contributed by atoms with E-state index in [9.17, 15) is 9.59 Å². The van der Waals surface area contributed by atoms with E-state index in [1.165, 1.54) is 0 Å². The van der Waals surface area contributed by atoms with E-state index in [0.717, 1.165) is 20.1 Å². The second-order valence-corrected chi connectivity index (χ2v) is 11.0. The molecule has 0 radical (unpaired) electrons. The van der Waals surface area contributed by atoms with Gasteiger partial charge in [-0.05, 0) is 60.4 Å². The van der Waals surface area contributed by atoms with Gasteiger partial charge in [-0.3, -0.25) is 9.59 Å². The van der Waals surface area contributed by atoms with Crippen molar-refractivity contribution in [3.8, 4) is 11.5 Å². The second-order valence-electron chi connectivity index (χ2n) is 9.21. The second kappa shape index (κ2) is 12.1. The third-order valence-corrected chi connectivity index (χ3v) is 7.87. The maximum Gasteiger partial charge on any atom is 0.228 e. The minimum Gasteiger partial charge on any atom is -0.497 e. The molecular formula is C29H30Br2N2O4. The summed E-state index contributed by atoms with van der Waals surface area (Å²) in [6, 6.07) is 21.6. The van der Waals surface area contributed by atoms with Gasteiger partial charge in [0.1, 0.15) is 11.5 Å². The molecule has 37 heavy (non-hydrogen) atoms. The average Bonchev–Trinajstić information content (AvgIpc) is 3.30. The summed E-state index contributed by atoms with van der Waals surface area (Å²) < 4.78 is 12.9. The van der Waals surface area contributed by atoms with Crippen LogP contribution in [0.5, 0.6) is 11.5 Å². The van der Waals surface area contributed by atoms with Crippen molar-refractivity contribution in [1.29, 1.82) is 0 Å². The van der Waals surface area contributed by atoms with Gasteiger partial charge in [0.05, 0.1) is 25.8 Å². The van der Waals surface area contributed by atoms with Crippen LogP contribution in [0.3, 0.4) is 0 Å². The van der Waals surface area contributed by atoms with Gasteiger partial charge in [0.2, 0.25) is 11.8 Å². The zero-order chi connectivity index (χ0) is 26.5. The van der Waals surface area contributed by atoms with Gasteiger partial charge in [0.15, 0.2) is 0 Å². The quantitative estimate of drug-likeness (QED) is 0.296. The van der Waals surface area contributed by atoms with Crippen molar-refractivity contribution >= 4 is 49.4 Å². The molecule has 8 heteroatoms. The van der Waals surface area contributed by atoms with E-state index in [1.54, 1.807) is 37.3 Å². The normalized spacial score (nSPS) is 15.2. The van der Waals surface area contributed by atoms with E-state index < -0.39 is 5.92 Å². The SMILES string of the molecule is COc1ccc(OC)c(N2CC(C(=O)N(C)C(Cc3ccc(Br)cc3)Cc3ccc(Br)cc3)CC2=O)c1. The Morgan fingerprint density at radius 1 is 0.946 bits per heavy atom. The van der Waals surface area contributed by atoms with Gasteiger partial charge >= 0.3 is 0 Å². The molecule has 1 unspecified atom stereocenters. The lowest BCUT2D eigenvalue weighted by Crippen LogP contribution is -2.43. The Balaban J connectivity index is 1.55. The van der Waals surface area contributed by atoms with Crippen LogP contribution in [0.2, 0.25) is 0 Å². The van der Waals surface area contributed by atoms with E-state index in [4.69, 9.17) is 9.47 Å². The number of nitrogens with zero attached hydrogens (tertiary/aromatic N) is 2. The van der Waals surface area contributed by atoms with Crippen LogP contribution in [0.4, 0.5) is 5.69 Å². The van der Waals surface area contributed by atoms with Crippen molar-refractivity contribution in [3.63, 3.8) is 0 Å². The third kappa shape index (κ3) is 6.54. The van der Waals surface area contributed by atoms with Crippen LogP contribution < -0.4 is 14.4 Å². The highest BCUT2D eigenvalue weighted by atomic mass is 79.9. The smallest absolute Gasteiger partial charge is 0.228 e. The first-order valence-corrected chi connectivity index (χ1v) is 13.7. The molecule has 4 rings (SSSR count). The fourth-order valence-corrected chi connectivity index (χ4v) is 5.24. The summed E-state index contributed by atoms with van der Waals surface area (Å²) in [6.07, 6.45) is 1.58. The predicted molar refractivity (Wildman–Crippen MR) is 152 cm³/mol. The number of methoxy groups -OCH3 is 2. The number of hydrogen-bond donors (Lipinski definition) is 0. The molecule has 3 aromatic carbocycles. The van der Waals surface area contributed by atoms with Crippen molar-refractivity contribution in [2.75, 3.05) is 32.7 Å². The largest absolute Gasteiger partial charge is 0.497 e. The molecule has 6 nitrogen and oxygen atoms in total. The Morgan fingerprint density at radius 3 is 2.03 bits per heavy atom. The van der Waals surface area contributed by atoms with E-state index >= 15 is 0 Å². The Hall–Kier alpha value is -2.84. The average molecular weight is 630 g/mol. The summed E-state index contributed by atoms with van der Waals surface area (Å²) in [7, 11) is 5.00. The molecule has 194 valence electrons. The monoisotopic (exact) mass is 628 g/mol. The molecule has 1 fully saturated rings. The molecule has 0 aliphatic carbocycles. The number of ether oxygens (including phenoxy) is 2. The fourth-order valence-electron chi connectivity index (χ4n) is 4.71. The molecule has 0 spiro atoms. The van der Waals surface area contributed by atoms with Crippen molar-refractivity contribution in [2.24, 2.45) is 5.92 Å². The molecule has 1 heterocycles. The number of likely N-dealkylation sites (N-methyl/N-ethyl adjacent to an activating group) is 1. The zero-order valence-electron chi connectivity index (χ0n) is 21.1. The Labute approximate surface area is 234 Å². The fraction of sp³-hybridized carbons (Fsp3) is 0.310. The van der Waals surface area contributed by atoms with Crippen LogP contribution in [-0.2, 0) is 22.4 Å². The predicted octanol–water partition coefficient (Wildman–Crippen LogP) is 5.89. The summed E-state index contributed by atoms with van der Waals surface area (Å²) >= 11 is 6.99. The maximum atomic E-state index is 13.8. The minimum absolute atomic E-state index is 0.0306. The van der Waals surface area contributed by atoms with Gasteiger partial charge in [0.25, 0.3) is 0 Å². The number of halogens is 2. The van der Waals surface area contributed by atoms with Crippen LogP contribution in [0, 0.1) is 5.92 Å². The van der Waals surface area contributed by atoms with E-state index in [0.29, 0.717) is 36.6 Å². The number of carbonyl (C=O) groups excluding carboxylic acids is 2. The molecule has 1 aliphatic heterocycles. The summed E-state index contributed by atoms with van der Waals surface area (Å²) in [5, 5.41) is 0. The first-order chi connectivity index (χ1) is 17.8. The van der Waals surface area contributed by atoms with Crippen molar-refractivity contribution in [3.05, 3.63) is 86.8 Å². The molecule has 0 bridgehead atoms. The van der Waals surface area contributed by atoms with Crippen LogP contribution >= 0.6 is 31.9 Å². The minimum atomic E-state index is -0.439. The third-order valence-electron chi connectivity index (χ3n) is 6.82. The van der Waals surface area contributed by atoms with E-state index in [2.05, 4.69) is 56.1 Å². The molecule has 0 N–H and O–H groups in total. The zero-order valence-corrected chi connectivity index (χ0v) is 24.3. The standard InChI is InChI=1S/C29H30Br2N2O4/c1-32(24(14-19-4-8-22(30)9-5-19)15-20-6-10-23(31)11-7-20)29(35)21-16-28(34)33(18-21)26-17-25(36-2)12-13-27(26)37-3/h4-13,17,21,24H,14-16,18H2,1-3H3. The maximum absolute atomic E-state index is 13.8. The molecule has 3 aromatic rings. The molecule has 1 aliphatic rings. The van der Waals surface area contributed by atoms with Crippen LogP contribution in [0.1, 0.15) is 17.5 Å². The highest BCUT2D eigenvalue weighted by Crippen LogP contribution is 2.36. The van der Waals surface area contributed by atoms with Crippen LogP contribution in [-0.4, -0.2) is 50.6 Å². The van der Waals surface area contributed by atoms with Gasteiger partial charge in [0, 0.05) is 41.1 Å². The molecule has 1 atom stereocenters. The van der Waals surface area contributed by atoms with Crippen LogP contribution in [0.25, 0.3) is 0 Å². The number of rotatable bonds is 9. The molecule has 1 saturated heterocycles. The van der Waals surface area contributed by atoms with E-state index in [-0.39, 0.29) is 24.3 Å². The Bertz CT molecular complexity index is 1200. The summed E-state index contributed by atoms with van der Waals surface area (Å²) in [5.41, 5.74) is 2.91.